The molecular formula is C67H67N. The highest BCUT2D eigenvalue weighted by Gasteiger charge is 2.21. The fourth-order valence-corrected chi connectivity index (χ4v) is 8.44. The molecule has 1 nitrogen and oxygen atoms in total. The van der Waals surface area contributed by atoms with E-state index >= 15 is 0 Å². The molecule has 8 aromatic carbocycles. The summed E-state index contributed by atoms with van der Waals surface area (Å²) >= 11 is 0. The average molecular weight is 886 g/mol. The van der Waals surface area contributed by atoms with E-state index in [1.54, 1.807) is 0 Å². The fraction of sp³-hybridized carbons (Fsp3) is 0.149. The minimum absolute atomic E-state index is 0.829. The van der Waals surface area contributed by atoms with Gasteiger partial charge in [-0.05, 0) is 166 Å². The molecule has 0 N–H and O–H groups in total. The Kier molecular flexibility index (Phi) is 17.8. The summed E-state index contributed by atoms with van der Waals surface area (Å²) in [6.07, 6.45) is 12.4. The quantitative estimate of drug-likeness (QED) is 0.0906. The standard InChI is InChI=1S/C43H39N.C17H20.C7H8/c1-7-32(26-34-17-10-9-15-29(34)4)42-39-20-14-13-19-38(39)41(37-24-23-33-16-11-12-18-35(33)27-37)31(6)43(42)44-40(8-2)36-22-21-28(3)30(5)25-36;1-5-7-11-16(6-2)14(3)15(4)17-12-9-8-10-13-17;1-7-5-3-2-4-6-7/h7,9-27H,4,8H2,1-3,5-6H3;5,7-13H,3-4,6H2,1-2H3;2-6H,1H3/b32-7+,34-26-,44-40?;7-5-,16-11+;. The molecule has 0 aliphatic heterocycles. The van der Waals surface area contributed by atoms with Crippen LogP contribution in [0.15, 0.2) is 223 Å². The van der Waals surface area contributed by atoms with Gasteiger partial charge in [0.15, 0.2) is 0 Å². The van der Waals surface area contributed by atoms with Crippen molar-refractivity contribution in [3.8, 4) is 11.1 Å². The van der Waals surface area contributed by atoms with Crippen LogP contribution in [0.25, 0.3) is 56.5 Å². The zero-order valence-electron chi connectivity index (χ0n) is 41.5. The molecule has 1 heteroatoms. The lowest BCUT2D eigenvalue weighted by atomic mass is 9.85. The largest absolute Gasteiger partial charge is 0.252 e. The van der Waals surface area contributed by atoms with Crippen LogP contribution >= 0.6 is 0 Å². The van der Waals surface area contributed by atoms with Crippen molar-refractivity contribution in [2.24, 2.45) is 4.99 Å². The normalized spacial score (nSPS) is 12.1. The summed E-state index contributed by atoms with van der Waals surface area (Å²) < 4.78 is 0. The predicted octanol–water partition coefficient (Wildman–Crippen LogP) is 17.6. The molecule has 0 heterocycles. The van der Waals surface area contributed by atoms with Gasteiger partial charge in [0, 0.05) is 11.3 Å². The number of hydrogen-bond acceptors (Lipinski definition) is 1. The van der Waals surface area contributed by atoms with Crippen LogP contribution in [-0.4, -0.2) is 5.71 Å². The number of rotatable bonds is 11. The summed E-state index contributed by atoms with van der Waals surface area (Å²) in [4.78, 5) is 5.59. The molecule has 0 unspecified atom stereocenters. The highest BCUT2D eigenvalue weighted by molar-refractivity contribution is 6.14. The second kappa shape index (κ2) is 24.2. The molecule has 340 valence electrons. The van der Waals surface area contributed by atoms with Crippen molar-refractivity contribution in [2.75, 3.05) is 0 Å². The molecule has 8 aromatic rings. The van der Waals surface area contributed by atoms with Crippen LogP contribution in [0.5, 0.6) is 0 Å². The van der Waals surface area contributed by atoms with Crippen LogP contribution in [0.4, 0.5) is 5.69 Å². The highest BCUT2D eigenvalue weighted by Crippen LogP contribution is 2.45. The van der Waals surface area contributed by atoms with E-state index in [0.29, 0.717) is 0 Å². The zero-order chi connectivity index (χ0) is 48.6. The molecule has 0 aliphatic rings. The number of nitrogens with zero attached hydrogens (tertiary/aromatic N) is 1. The highest BCUT2D eigenvalue weighted by atomic mass is 14.8. The van der Waals surface area contributed by atoms with Gasteiger partial charge in [0.05, 0.1) is 5.69 Å². The predicted molar refractivity (Wildman–Crippen MR) is 302 cm³/mol. The van der Waals surface area contributed by atoms with Gasteiger partial charge in [-0.2, -0.15) is 0 Å². The van der Waals surface area contributed by atoms with Crippen molar-refractivity contribution in [1.82, 2.24) is 0 Å². The Morgan fingerprint density at radius 3 is 1.84 bits per heavy atom. The summed E-state index contributed by atoms with van der Waals surface area (Å²) in [6.45, 7) is 29.8. The molecule has 0 atom stereocenters. The molecule has 0 aliphatic carbocycles. The van der Waals surface area contributed by atoms with Crippen molar-refractivity contribution < 1.29 is 0 Å². The SMILES string of the molecule is C=C(C(=C)c1ccccc1)/C(=C/C=C\C)CC.C=c1cccc/c1=C/C(=C\C)c1c(N=C(CC)c2ccc(C)c(C)c2)c(C)c(-c2ccc3ccccc3c2)c2ccccc12.Cc1ccccc1. The van der Waals surface area contributed by atoms with Gasteiger partial charge in [0.25, 0.3) is 0 Å². The van der Waals surface area contributed by atoms with Crippen molar-refractivity contribution in [1.29, 1.82) is 0 Å². The van der Waals surface area contributed by atoms with Gasteiger partial charge in [0.1, 0.15) is 0 Å². The first-order valence-corrected chi connectivity index (χ1v) is 23.9. The van der Waals surface area contributed by atoms with Crippen LogP contribution < -0.4 is 10.4 Å². The van der Waals surface area contributed by atoms with Gasteiger partial charge in [-0.15, -0.1) is 0 Å². The van der Waals surface area contributed by atoms with Crippen LogP contribution in [0.3, 0.4) is 0 Å². The summed E-state index contributed by atoms with van der Waals surface area (Å²) in [5.74, 6) is 0. The molecule has 0 amide bonds. The molecule has 0 saturated carbocycles. The van der Waals surface area contributed by atoms with Gasteiger partial charge in [-0.3, -0.25) is 4.99 Å². The summed E-state index contributed by atoms with van der Waals surface area (Å²) in [5, 5.41) is 7.03. The molecule has 8 rings (SSSR count). The van der Waals surface area contributed by atoms with E-state index in [0.717, 1.165) is 62.5 Å². The topological polar surface area (TPSA) is 12.4 Å². The molecule has 0 radical (unpaired) electrons. The maximum Gasteiger partial charge on any atom is 0.0753 e. The number of benzene rings is 8. The molecule has 0 bridgehead atoms. The van der Waals surface area contributed by atoms with Gasteiger partial charge < -0.3 is 0 Å². The Labute approximate surface area is 407 Å². The number of aryl methyl sites for hydroxylation is 3. The van der Waals surface area contributed by atoms with Crippen molar-refractivity contribution >= 4 is 56.7 Å². The second-order valence-corrected chi connectivity index (χ2v) is 17.2. The Hall–Kier alpha value is -7.61. The smallest absolute Gasteiger partial charge is 0.0753 e. The molecular weight excluding hydrogens is 819 g/mol. The number of aliphatic imine (C=N–C) groups is 1. The summed E-state index contributed by atoms with van der Waals surface area (Å²) in [5.41, 5.74) is 17.5. The van der Waals surface area contributed by atoms with E-state index in [4.69, 9.17) is 4.99 Å². The van der Waals surface area contributed by atoms with Gasteiger partial charge in [-0.25, -0.2) is 0 Å². The molecule has 0 saturated heterocycles. The molecule has 0 aromatic heterocycles. The van der Waals surface area contributed by atoms with E-state index in [1.807, 2.05) is 61.5 Å². The van der Waals surface area contributed by atoms with Gasteiger partial charge in [-0.1, -0.05) is 221 Å². The van der Waals surface area contributed by atoms with Gasteiger partial charge in [0.2, 0.25) is 0 Å². The van der Waals surface area contributed by atoms with Crippen molar-refractivity contribution in [3.63, 3.8) is 0 Å². The lowest BCUT2D eigenvalue weighted by Crippen LogP contribution is -2.21. The van der Waals surface area contributed by atoms with Crippen LogP contribution in [0.1, 0.15) is 79.5 Å². The van der Waals surface area contributed by atoms with Crippen LogP contribution in [-0.2, 0) is 0 Å². The maximum atomic E-state index is 5.59. The Bertz CT molecular complexity index is 3280. The lowest BCUT2D eigenvalue weighted by Gasteiger charge is -2.21. The van der Waals surface area contributed by atoms with Crippen LogP contribution in [0, 0.1) is 27.7 Å². The minimum Gasteiger partial charge on any atom is -0.252 e. The van der Waals surface area contributed by atoms with Crippen molar-refractivity contribution in [3.05, 3.63) is 268 Å². The monoisotopic (exact) mass is 886 g/mol. The Morgan fingerprint density at radius 2 is 1.22 bits per heavy atom. The third-order valence-corrected chi connectivity index (χ3v) is 12.5. The summed E-state index contributed by atoms with van der Waals surface area (Å²) in [7, 11) is 0. The first-order valence-electron chi connectivity index (χ1n) is 23.9. The fourth-order valence-electron chi connectivity index (χ4n) is 8.44. The number of fused-ring (bicyclic) bond motifs is 2. The van der Waals surface area contributed by atoms with E-state index in [-0.39, 0.29) is 0 Å². The molecule has 0 fully saturated rings. The number of hydrogen-bond donors (Lipinski definition) is 0. The second-order valence-electron chi connectivity index (χ2n) is 17.2. The third-order valence-electron chi connectivity index (χ3n) is 12.5. The summed E-state index contributed by atoms with van der Waals surface area (Å²) in [6, 6.07) is 59.7. The van der Waals surface area contributed by atoms with E-state index in [1.165, 1.54) is 66.1 Å². The number of allylic oxidation sites excluding steroid dienone is 8. The van der Waals surface area contributed by atoms with E-state index < -0.39 is 0 Å². The van der Waals surface area contributed by atoms with Crippen molar-refractivity contribution in [2.45, 2.75) is 68.2 Å². The molecule has 0 spiro atoms. The Balaban J connectivity index is 0.000000260. The minimum atomic E-state index is 0.829. The van der Waals surface area contributed by atoms with E-state index in [9.17, 15) is 0 Å². The first kappa shape index (κ1) is 49.8. The third kappa shape index (κ3) is 12.2. The lowest BCUT2D eigenvalue weighted by molar-refractivity contribution is 1.13. The average Bonchev–Trinajstić information content (AvgIpc) is 3.37. The van der Waals surface area contributed by atoms with Gasteiger partial charge >= 0.3 is 0 Å². The Morgan fingerprint density at radius 1 is 0.588 bits per heavy atom. The maximum absolute atomic E-state index is 5.59. The van der Waals surface area contributed by atoms with Crippen LogP contribution in [0.2, 0.25) is 0 Å². The first-order chi connectivity index (χ1) is 33.0. The van der Waals surface area contributed by atoms with E-state index in [2.05, 4.69) is 214 Å². The zero-order valence-corrected chi connectivity index (χ0v) is 41.5. The molecule has 68 heavy (non-hydrogen) atoms.